The Morgan fingerprint density at radius 2 is 1.55 bits per heavy atom. The van der Waals surface area contributed by atoms with Crippen LogP contribution < -0.4 is 0 Å². The molecule has 2 aromatic rings. The lowest BCUT2D eigenvalue weighted by molar-refractivity contribution is 0.124. The molecule has 1 fully saturated rings. The van der Waals surface area contributed by atoms with Gasteiger partial charge in [0.1, 0.15) is 12.3 Å². The Kier molecular flexibility index (Phi) is 11.5. The molecule has 33 heavy (non-hydrogen) atoms. The minimum Gasteiger partial charge on any atom is -0.294 e. The number of benzene rings is 2. The van der Waals surface area contributed by atoms with Gasteiger partial charge in [-0.3, -0.25) is 4.90 Å². The van der Waals surface area contributed by atoms with Crippen LogP contribution in [0.15, 0.2) is 54.6 Å². The molecule has 0 aliphatic heterocycles. The highest BCUT2D eigenvalue weighted by Gasteiger charge is 2.34. The minimum absolute atomic E-state index is 0.479. The van der Waals surface area contributed by atoms with Crippen LogP contribution >= 0.6 is 0 Å². The molecule has 0 radical (unpaired) electrons. The van der Waals surface area contributed by atoms with E-state index in [1.54, 1.807) is 6.07 Å². The van der Waals surface area contributed by atoms with E-state index in [2.05, 4.69) is 68.1 Å². The third-order valence-electron chi connectivity index (χ3n) is 6.68. The van der Waals surface area contributed by atoms with Crippen molar-refractivity contribution in [1.29, 1.82) is 5.26 Å². The molecule has 3 unspecified atom stereocenters. The van der Waals surface area contributed by atoms with Gasteiger partial charge < -0.3 is 0 Å². The van der Waals surface area contributed by atoms with Gasteiger partial charge in [0, 0.05) is 31.5 Å². The number of hydrogen-bond acceptors (Lipinski definition) is 2. The van der Waals surface area contributed by atoms with E-state index in [1.165, 1.54) is 18.1 Å². The van der Waals surface area contributed by atoms with E-state index >= 15 is 0 Å². The summed E-state index contributed by atoms with van der Waals surface area (Å²) in [6.45, 7) is 9.20. The summed E-state index contributed by atoms with van der Waals surface area (Å²) in [7, 11) is 0. The van der Waals surface area contributed by atoms with E-state index in [9.17, 15) is 8.78 Å². The highest BCUT2D eigenvalue weighted by atomic mass is 19.1. The third kappa shape index (κ3) is 8.23. The first-order valence-electron chi connectivity index (χ1n) is 12.4. The van der Waals surface area contributed by atoms with Gasteiger partial charge in [-0.1, -0.05) is 61.5 Å². The smallest absolute Gasteiger partial charge is 0.110 e. The van der Waals surface area contributed by atoms with Crippen LogP contribution in [0.3, 0.4) is 0 Å². The van der Waals surface area contributed by atoms with E-state index in [-0.39, 0.29) is 0 Å². The van der Waals surface area contributed by atoms with Gasteiger partial charge >= 0.3 is 0 Å². The largest absolute Gasteiger partial charge is 0.294 e. The predicted molar refractivity (Wildman–Crippen MR) is 134 cm³/mol. The Hall–Kier alpha value is -2.25. The van der Waals surface area contributed by atoms with Crippen molar-refractivity contribution in [1.82, 2.24) is 4.90 Å². The van der Waals surface area contributed by atoms with E-state index in [1.807, 2.05) is 12.1 Å². The maximum absolute atomic E-state index is 14.3. The van der Waals surface area contributed by atoms with Crippen molar-refractivity contribution in [2.24, 2.45) is 0 Å². The fraction of sp³-hybridized carbons (Fsp3) is 0.552. The van der Waals surface area contributed by atoms with Gasteiger partial charge in [0.15, 0.2) is 0 Å². The molecule has 0 amide bonds. The molecule has 0 heterocycles. The van der Waals surface area contributed by atoms with Gasteiger partial charge in [-0.25, -0.2) is 8.78 Å². The highest BCUT2D eigenvalue weighted by Crippen LogP contribution is 2.37. The average Bonchev–Trinajstić information content (AvgIpc) is 2.80. The zero-order chi connectivity index (χ0) is 24.2. The van der Waals surface area contributed by atoms with Gasteiger partial charge in [0.25, 0.3) is 0 Å². The fourth-order valence-electron chi connectivity index (χ4n) is 4.88. The first-order chi connectivity index (χ1) is 15.9. The number of hydrogen-bond donors (Lipinski definition) is 0. The van der Waals surface area contributed by atoms with E-state index in [0.29, 0.717) is 31.3 Å². The molecule has 0 bridgehead atoms. The summed E-state index contributed by atoms with van der Waals surface area (Å²) in [6.07, 6.45) is 2.70. The summed E-state index contributed by atoms with van der Waals surface area (Å²) >= 11 is 0. The number of rotatable bonds is 9. The number of nitrogens with zero attached hydrogens (tertiary/aromatic N) is 2. The van der Waals surface area contributed by atoms with Crippen LogP contribution in [0.1, 0.15) is 82.4 Å². The normalized spacial score (nSPS) is 21.2. The summed E-state index contributed by atoms with van der Waals surface area (Å²) in [4.78, 5) is 2.59. The Morgan fingerprint density at radius 1 is 0.970 bits per heavy atom. The maximum Gasteiger partial charge on any atom is 0.110 e. The number of alkyl halides is 2. The van der Waals surface area contributed by atoms with Crippen LogP contribution in [-0.4, -0.2) is 29.3 Å². The van der Waals surface area contributed by atoms with Crippen molar-refractivity contribution in [3.05, 3.63) is 71.3 Å². The molecule has 2 aromatic carbocycles. The molecular weight excluding hydrogens is 414 g/mol. The second-order valence-electron chi connectivity index (χ2n) is 9.31. The van der Waals surface area contributed by atoms with Gasteiger partial charge in [-0.05, 0) is 69.1 Å². The number of nitriles is 1. The van der Waals surface area contributed by atoms with Crippen molar-refractivity contribution in [3.8, 4) is 6.07 Å². The van der Waals surface area contributed by atoms with Crippen molar-refractivity contribution >= 4 is 0 Å². The standard InChI is InChI=1S/C27H37F2N.C2H3N/c1-4-24(30(20(2)3)19-22-9-6-5-7-10-22)18-15-21-13-16-23(17-14-21)27-25(28)11-8-12-26(27)29;1-2-3/h5-7,9-10,13-14,16-17,20,24-27H,4,8,11-12,15,18-19H2,1-3H3;1H3. The second-order valence-corrected chi connectivity index (χ2v) is 9.31. The second kappa shape index (κ2) is 14.1. The van der Waals surface area contributed by atoms with Crippen molar-refractivity contribution in [3.63, 3.8) is 0 Å². The molecule has 4 heteroatoms. The first-order valence-corrected chi connectivity index (χ1v) is 12.4. The van der Waals surface area contributed by atoms with Crippen LogP contribution in [0.4, 0.5) is 8.78 Å². The maximum atomic E-state index is 14.3. The summed E-state index contributed by atoms with van der Waals surface area (Å²) in [5, 5.41) is 7.32. The predicted octanol–water partition coefficient (Wildman–Crippen LogP) is 7.78. The molecular formula is C29H40F2N2. The Balaban J connectivity index is 0.00000122. The Bertz CT molecular complexity index is 819. The van der Waals surface area contributed by atoms with Gasteiger partial charge in [0.05, 0.1) is 6.07 Å². The van der Waals surface area contributed by atoms with Crippen molar-refractivity contribution in [2.45, 2.75) is 103 Å². The zero-order valence-electron chi connectivity index (χ0n) is 20.7. The molecule has 1 aliphatic carbocycles. The molecule has 1 aliphatic rings. The van der Waals surface area contributed by atoms with Crippen LogP contribution in [0, 0.1) is 11.3 Å². The van der Waals surface area contributed by atoms with Crippen molar-refractivity contribution < 1.29 is 8.78 Å². The minimum atomic E-state index is -1.05. The van der Waals surface area contributed by atoms with E-state index in [0.717, 1.165) is 31.4 Å². The van der Waals surface area contributed by atoms with Crippen LogP contribution in [-0.2, 0) is 13.0 Å². The summed E-state index contributed by atoms with van der Waals surface area (Å²) in [6, 6.07) is 21.5. The summed E-state index contributed by atoms with van der Waals surface area (Å²) < 4.78 is 28.6. The molecule has 0 N–H and O–H groups in total. The molecule has 3 rings (SSSR count). The lowest BCUT2D eigenvalue weighted by Crippen LogP contribution is -2.39. The topological polar surface area (TPSA) is 27.0 Å². The summed E-state index contributed by atoms with van der Waals surface area (Å²) in [5.41, 5.74) is 3.42. The molecule has 180 valence electrons. The third-order valence-corrected chi connectivity index (χ3v) is 6.68. The van der Waals surface area contributed by atoms with E-state index in [4.69, 9.17) is 5.26 Å². The molecule has 0 spiro atoms. The monoisotopic (exact) mass is 454 g/mol. The fourth-order valence-corrected chi connectivity index (χ4v) is 4.88. The van der Waals surface area contributed by atoms with Crippen LogP contribution in [0.25, 0.3) is 0 Å². The average molecular weight is 455 g/mol. The number of halogens is 2. The molecule has 0 saturated heterocycles. The summed E-state index contributed by atoms with van der Waals surface area (Å²) in [5.74, 6) is -0.585. The highest BCUT2D eigenvalue weighted by molar-refractivity contribution is 5.28. The van der Waals surface area contributed by atoms with Crippen molar-refractivity contribution in [2.75, 3.05) is 0 Å². The Morgan fingerprint density at radius 3 is 2.06 bits per heavy atom. The molecule has 2 nitrogen and oxygen atoms in total. The number of aryl methyl sites for hydroxylation is 1. The molecule has 1 saturated carbocycles. The van der Waals surface area contributed by atoms with E-state index < -0.39 is 18.3 Å². The van der Waals surface area contributed by atoms with Gasteiger partial charge in [-0.15, -0.1) is 0 Å². The van der Waals surface area contributed by atoms with Crippen LogP contribution in [0.2, 0.25) is 0 Å². The quantitative estimate of drug-likeness (QED) is 0.387. The first kappa shape index (κ1) is 27.0. The Labute approximate surface area is 199 Å². The van der Waals surface area contributed by atoms with Crippen LogP contribution in [0.5, 0.6) is 0 Å². The molecule has 3 atom stereocenters. The molecule has 0 aromatic heterocycles. The van der Waals surface area contributed by atoms with Gasteiger partial charge in [0.2, 0.25) is 0 Å². The SMILES string of the molecule is CC#N.CCC(CCc1ccc(C2C(F)CCCC2F)cc1)N(Cc1ccccc1)C(C)C. The zero-order valence-corrected chi connectivity index (χ0v) is 20.7. The van der Waals surface area contributed by atoms with Gasteiger partial charge in [-0.2, -0.15) is 5.26 Å². The lowest BCUT2D eigenvalue weighted by atomic mass is 9.81. The lowest BCUT2D eigenvalue weighted by Gasteiger charge is -2.35.